The van der Waals surface area contributed by atoms with Crippen molar-refractivity contribution < 1.29 is 14.5 Å². The fourth-order valence-corrected chi connectivity index (χ4v) is 3.89. The second-order valence-electron chi connectivity index (χ2n) is 6.55. The maximum Gasteiger partial charge on any atom is 0.282 e. The van der Waals surface area contributed by atoms with Gasteiger partial charge in [0.25, 0.3) is 17.5 Å². The van der Waals surface area contributed by atoms with Crippen LogP contribution >= 0.6 is 23.1 Å². The minimum atomic E-state index is -0.606. The molecule has 2 heterocycles. The standard InChI is InChI=1S/C17H18ClN5O4S/c1-10-15(28-21-20-10)17(25)22-6-4-11(5-7-22)9-19-16(24)13-8-12(18)2-3-14(13)23(26)27/h2-3,8,11H,4-7,9H2,1H3,(H,19,24). The maximum absolute atomic E-state index is 12.5. The van der Waals surface area contributed by atoms with Crippen molar-refractivity contribution >= 4 is 40.6 Å². The summed E-state index contributed by atoms with van der Waals surface area (Å²) >= 11 is 6.96. The van der Waals surface area contributed by atoms with Crippen LogP contribution in [0, 0.1) is 23.0 Å². The zero-order chi connectivity index (χ0) is 20.3. The minimum absolute atomic E-state index is 0.0571. The lowest BCUT2D eigenvalue weighted by molar-refractivity contribution is -0.385. The van der Waals surface area contributed by atoms with Crippen molar-refractivity contribution in [1.29, 1.82) is 0 Å². The molecule has 3 rings (SSSR count). The molecular formula is C17H18ClN5O4S. The van der Waals surface area contributed by atoms with E-state index in [0.717, 1.165) is 24.4 Å². The first kappa shape index (κ1) is 20.2. The second-order valence-corrected chi connectivity index (χ2v) is 7.74. The summed E-state index contributed by atoms with van der Waals surface area (Å²) in [6.07, 6.45) is 1.46. The van der Waals surface area contributed by atoms with Crippen LogP contribution in [0.4, 0.5) is 5.69 Å². The SMILES string of the molecule is Cc1nnsc1C(=O)N1CCC(CNC(=O)c2cc(Cl)ccc2[N+](=O)[O-])CC1. The number of hydrogen-bond acceptors (Lipinski definition) is 7. The fourth-order valence-electron chi connectivity index (χ4n) is 3.09. The van der Waals surface area contributed by atoms with Gasteiger partial charge in [-0.2, -0.15) is 0 Å². The number of hydrogen-bond donors (Lipinski definition) is 1. The molecule has 0 unspecified atom stereocenters. The maximum atomic E-state index is 12.5. The minimum Gasteiger partial charge on any atom is -0.352 e. The summed E-state index contributed by atoms with van der Waals surface area (Å²) in [6.45, 7) is 3.29. The molecule has 1 N–H and O–H groups in total. The Kier molecular flexibility index (Phi) is 6.20. The topological polar surface area (TPSA) is 118 Å². The Bertz CT molecular complexity index is 911. The van der Waals surface area contributed by atoms with Crippen LogP contribution in [0.1, 0.15) is 38.6 Å². The van der Waals surface area contributed by atoms with E-state index in [1.165, 1.54) is 18.2 Å². The van der Waals surface area contributed by atoms with E-state index < -0.39 is 10.8 Å². The fraction of sp³-hybridized carbons (Fsp3) is 0.412. The Morgan fingerprint density at radius 3 is 2.71 bits per heavy atom. The Morgan fingerprint density at radius 1 is 1.39 bits per heavy atom. The number of nitro benzene ring substituents is 1. The molecule has 0 atom stereocenters. The molecule has 1 aliphatic rings. The van der Waals surface area contributed by atoms with Crippen molar-refractivity contribution in [1.82, 2.24) is 19.8 Å². The van der Waals surface area contributed by atoms with Gasteiger partial charge in [0, 0.05) is 30.7 Å². The number of carbonyl (C=O) groups excluding carboxylic acids is 2. The smallest absolute Gasteiger partial charge is 0.282 e. The van der Waals surface area contributed by atoms with Gasteiger partial charge < -0.3 is 10.2 Å². The van der Waals surface area contributed by atoms with Gasteiger partial charge in [0.2, 0.25) is 0 Å². The van der Waals surface area contributed by atoms with E-state index in [-0.39, 0.29) is 28.1 Å². The molecule has 1 aromatic heterocycles. The van der Waals surface area contributed by atoms with Gasteiger partial charge in [-0.1, -0.05) is 16.1 Å². The molecule has 1 saturated heterocycles. The lowest BCUT2D eigenvalue weighted by atomic mass is 9.96. The van der Waals surface area contributed by atoms with Crippen LogP contribution in [0.3, 0.4) is 0 Å². The molecule has 0 spiro atoms. The predicted molar refractivity (Wildman–Crippen MR) is 104 cm³/mol. The van der Waals surface area contributed by atoms with Gasteiger partial charge in [0.15, 0.2) is 0 Å². The molecule has 0 bridgehead atoms. The van der Waals surface area contributed by atoms with E-state index in [0.29, 0.717) is 30.2 Å². The van der Waals surface area contributed by atoms with Crippen LogP contribution in [0.25, 0.3) is 0 Å². The summed E-state index contributed by atoms with van der Waals surface area (Å²) in [6, 6.07) is 3.89. The lowest BCUT2D eigenvalue weighted by Crippen LogP contribution is -2.41. The van der Waals surface area contributed by atoms with Gasteiger partial charge in [0.05, 0.1) is 10.6 Å². The first-order valence-electron chi connectivity index (χ1n) is 8.67. The van der Waals surface area contributed by atoms with Crippen LogP contribution in [0.15, 0.2) is 18.2 Å². The highest BCUT2D eigenvalue weighted by Crippen LogP contribution is 2.24. The quantitative estimate of drug-likeness (QED) is 0.583. The number of piperidine rings is 1. The van der Waals surface area contributed by atoms with Crippen molar-refractivity contribution in [2.24, 2.45) is 5.92 Å². The van der Waals surface area contributed by atoms with Crippen molar-refractivity contribution in [2.45, 2.75) is 19.8 Å². The molecule has 0 saturated carbocycles. The zero-order valence-corrected chi connectivity index (χ0v) is 16.6. The van der Waals surface area contributed by atoms with Crippen LogP contribution in [-0.4, -0.2) is 50.9 Å². The molecule has 1 aliphatic heterocycles. The summed E-state index contributed by atoms with van der Waals surface area (Å²) in [5, 5.41) is 18.0. The third kappa shape index (κ3) is 4.45. The molecule has 2 aromatic rings. The third-order valence-corrected chi connectivity index (χ3v) is 5.75. The Balaban J connectivity index is 1.54. The normalized spacial score (nSPS) is 14.7. The number of rotatable bonds is 5. The Morgan fingerprint density at radius 2 is 2.11 bits per heavy atom. The van der Waals surface area contributed by atoms with Crippen LogP contribution in [0.5, 0.6) is 0 Å². The summed E-state index contributed by atoms with van der Waals surface area (Å²) in [5.74, 6) is -0.407. The Hall–Kier alpha value is -2.59. The summed E-state index contributed by atoms with van der Waals surface area (Å²) in [7, 11) is 0. The first-order valence-corrected chi connectivity index (χ1v) is 9.82. The van der Waals surface area contributed by atoms with E-state index >= 15 is 0 Å². The highest BCUT2D eigenvalue weighted by molar-refractivity contribution is 7.07. The monoisotopic (exact) mass is 423 g/mol. The van der Waals surface area contributed by atoms with Crippen molar-refractivity contribution in [3.8, 4) is 0 Å². The van der Waals surface area contributed by atoms with Gasteiger partial charge >= 0.3 is 0 Å². The molecule has 0 aliphatic carbocycles. The second kappa shape index (κ2) is 8.61. The number of benzene rings is 1. The van der Waals surface area contributed by atoms with Gasteiger partial charge in [0.1, 0.15) is 10.4 Å². The highest BCUT2D eigenvalue weighted by Gasteiger charge is 2.27. The number of amides is 2. The van der Waals surface area contributed by atoms with E-state index in [4.69, 9.17) is 11.6 Å². The molecule has 1 aromatic carbocycles. The van der Waals surface area contributed by atoms with Gasteiger partial charge in [-0.15, -0.1) is 5.10 Å². The van der Waals surface area contributed by atoms with E-state index in [1.54, 1.807) is 11.8 Å². The number of likely N-dealkylation sites (tertiary alicyclic amines) is 1. The molecule has 148 valence electrons. The summed E-state index contributed by atoms with van der Waals surface area (Å²) in [4.78, 5) is 37.7. The van der Waals surface area contributed by atoms with Crippen LogP contribution in [-0.2, 0) is 0 Å². The number of aromatic nitrogens is 2. The van der Waals surface area contributed by atoms with Gasteiger partial charge in [-0.05, 0) is 49.3 Å². The molecule has 2 amide bonds. The molecule has 11 heteroatoms. The van der Waals surface area contributed by atoms with Gasteiger partial charge in [-0.25, -0.2) is 0 Å². The number of nitro groups is 1. The van der Waals surface area contributed by atoms with Crippen molar-refractivity contribution in [3.05, 3.63) is 49.5 Å². The highest BCUT2D eigenvalue weighted by atomic mass is 35.5. The van der Waals surface area contributed by atoms with Crippen molar-refractivity contribution in [2.75, 3.05) is 19.6 Å². The number of nitrogens with zero attached hydrogens (tertiary/aromatic N) is 4. The largest absolute Gasteiger partial charge is 0.352 e. The molecule has 28 heavy (non-hydrogen) atoms. The summed E-state index contributed by atoms with van der Waals surface area (Å²) < 4.78 is 3.80. The number of nitrogens with one attached hydrogen (secondary N) is 1. The van der Waals surface area contributed by atoms with Gasteiger partial charge in [-0.3, -0.25) is 19.7 Å². The first-order chi connectivity index (χ1) is 13.4. The molecular weight excluding hydrogens is 406 g/mol. The summed E-state index contributed by atoms with van der Waals surface area (Å²) in [5.41, 5.74) is 0.293. The predicted octanol–water partition coefficient (Wildman–Crippen LogP) is 2.69. The third-order valence-electron chi connectivity index (χ3n) is 4.70. The molecule has 0 radical (unpaired) electrons. The van der Waals surface area contributed by atoms with Crippen LogP contribution in [0.2, 0.25) is 5.02 Å². The van der Waals surface area contributed by atoms with E-state index in [9.17, 15) is 19.7 Å². The lowest BCUT2D eigenvalue weighted by Gasteiger charge is -2.31. The molecule has 9 nitrogen and oxygen atoms in total. The number of halogens is 1. The molecule has 1 fully saturated rings. The van der Waals surface area contributed by atoms with E-state index in [1.807, 2.05) is 0 Å². The zero-order valence-electron chi connectivity index (χ0n) is 15.1. The number of aryl methyl sites for hydroxylation is 1. The average Bonchev–Trinajstić information content (AvgIpc) is 3.11. The number of carbonyl (C=O) groups is 2. The Labute approximate surface area is 170 Å². The van der Waals surface area contributed by atoms with Crippen molar-refractivity contribution in [3.63, 3.8) is 0 Å². The van der Waals surface area contributed by atoms with E-state index in [2.05, 4.69) is 14.9 Å². The van der Waals surface area contributed by atoms with Crippen LogP contribution < -0.4 is 5.32 Å². The average molecular weight is 424 g/mol.